The van der Waals surface area contributed by atoms with Gasteiger partial charge in [-0.25, -0.2) is 4.39 Å². The second kappa shape index (κ2) is 8.87. The molecular formula is C19H22ClFN2O3. The van der Waals surface area contributed by atoms with E-state index in [1.807, 2.05) is 37.2 Å². The van der Waals surface area contributed by atoms with E-state index in [1.54, 1.807) is 12.1 Å². The molecule has 2 aromatic carbocycles. The maximum Gasteiger partial charge on any atom is 0.231 e. The molecule has 1 amide bonds. The fourth-order valence-electron chi connectivity index (χ4n) is 2.78. The normalized spacial score (nSPS) is 13.2. The predicted molar refractivity (Wildman–Crippen MR) is 99.4 cm³/mol. The third kappa shape index (κ3) is 4.86. The molecule has 5 nitrogen and oxygen atoms in total. The minimum Gasteiger partial charge on any atom is -0.454 e. The maximum atomic E-state index is 12.9. The first-order valence-corrected chi connectivity index (χ1v) is 8.10. The Morgan fingerprint density at radius 1 is 1.15 bits per heavy atom. The first kappa shape index (κ1) is 20.0. The van der Waals surface area contributed by atoms with E-state index in [9.17, 15) is 9.18 Å². The van der Waals surface area contributed by atoms with Crippen LogP contribution in [0.3, 0.4) is 0 Å². The van der Waals surface area contributed by atoms with Gasteiger partial charge in [0.15, 0.2) is 11.5 Å². The van der Waals surface area contributed by atoms with Crippen LogP contribution in [-0.2, 0) is 11.2 Å². The molecule has 0 aliphatic carbocycles. The molecule has 0 spiro atoms. The Hall–Kier alpha value is -2.31. The van der Waals surface area contributed by atoms with Gasteiger partial charge in [0.25, 0.3) is 0 Å². The second-order valence-corrected chi connectivity index (χ2v) is 6.20. The Morgan fingerprint density at radius 3 is 2.54 bits per heavy atom. The van der Waals surface area contributed by atoms with Crippen LogP contribution in [0.2, 0.25) is 0 Å². The number of hydrogen-bond donors (Lipinski definition) is 1. The van der Waals surface area contributed by atoms with Gasteiger partial charge in [0.05, 0.1) is 12.5 Å². The van der Waals surface area contributed by atoms with Crippen molar-refractivity contribution in [1.82, 2.24) is 10.2 Å². The van der Waals surface area contributed by atoms with Gasteiger partial charge in [-0.05, 0) is 49.5 Å². The van der Waals surface area contributed by atoms with Gasteiger partial charge in [0.1, 0.15) is 5.82 Å². The molecule has 0 bridgehead atoms. The first-order chi connectivity index (χ1) is 12.0. The van der Waals surface area contributed by atoms with Crippen LogP contribution in [0.4, 0.5) is 4.39 Å². The number of fused-ring (bicyclic) bond motifs is 1. The highest BCUT2D eigenvalue weighted by molar-refractivity contribution is 5.85. The summed E-state index contributed by atoms with van der Waals surface area (Å²) in [5, 5.41) is 2.95. The van der Waals surface area contributed by atoms with Crippen molar-refractivity contribution >= 4 is 18.3 Å². The van der Waals surface area contributed by atoms with Crippen LogP contribution in [0.1, 0.15) is 17.2 Å². The quantitative estimate of drug-likeness (QED) is 0.837. The van der Waals surface area contributed by atoms with Gasteiger partial charge in [-0.1, -0.05) is 18.2 Å². The molecule has 1 unspecified atom stereocenters. The molecule has 2 aromatic rings. The zero-order valence-corrected chi connectivity index (χ0v) is 15.5. The molecule has 1 atom stereocenters. The van der Waals surface area contributed by atoms with Crippen molar-refractivity contribution in [2.75, 3.05) is 27.4 Å². The molecule has 1 aliphatic rings. The maximum absolute atomic E-state index is 12.9. The van der Waals surface area contributed by atoms with Crippen LogP contribution in [0.5, 0.6) is 11.5 Å². The standard InChI is InChI=1S/C19H21FN2O3.ClH/c1-22(2)16(14-5-8-17-18(10-14)25-12-24-17)11-21-19(23)9-13-3-6-15(20)7-4-13;/h3-8,10,16H,9,11-12H2,1-2H3,(H,21,23);1H. The molecule has 3 rings (SSSR count). The van der Waals surface area contributed by atoms with Crippen molar-refractivity contribution in [2.24, 2.45) is 0 Å². The van der Waals surface area contributed by atoms with Gasteiger partial charge in [-0.3, -0.25) is 4.79 Å². The number of halogens is 2. The van der Waals surface area contributed by atoms with E-state index in [1.165, 1.54) is 12.1 Å². The van der Waals surface area contributed by atoms with Crippen molar-refractivity contribution in [3.8, 4) is 11.5 Å². The highest BCUT2D eigenvalue weighted by atomic mass is 35.5. The fraction of sp³-hybridized carbons (Fsp3) is 0.316. The van der Waals surface area contributed by atoms with Gasteiger partial charge >= 0.3 is 0 Å². The van der Waals surface area contributed by atoms with Crippen LogP contribution in [0.15, 0.2) is 42.5 Å². The Bertz CT molecular complexity index is 753. The number of ether oxygens (including phenoxy) is 2. The molecular weight excluding hydrogens is 359 g/mol. The fourth-order valence-corrected chi connectivity index (χ4v) is 2.78. The lowest BCUT2D eigenvalue weighted by Gasteiger charge is -2.25. The van der Waals surface area contributed by atoms with E-state index in [0.29, 0.717) is 6.54 Å². The summed E-state index contributed by atoms with van der Waals surface area (Å²) in [7, 11) is 3.92. The Labute approximate surface area is 158 Å². The molecule has 0 aromatic heterocycles. The van der Waals surface area contributed by atoms with Crippen LogP contribution in [0.25, 0.3) is 0 Å². The molecule has 0 saturated carbocycles. The predicted octanol–water partition coefficient (Wildman–Crippen LogP) is 2.94. The minimum absolute atomic E-state index is 0. The molecule has 0 saturated heterocycles. The monoisotopic (exact) mass is 380 g/mol. The number of benzene rings is 2. The van der Waals surface area contributed by atoms with Gasteiger partial charge in [0, 0.05) is 6.54 Å². The van der Waals surface area contributed by atoms with Crippen molar-refractivity contribution in [3.63, 3.8) is 0 Å². The molecule has 7 heteroatoms. The van der Waals surface area contributed by atoms with Crippen molar-refractivity contribution < 1.29 is 18.7 Å². The Morgan fingerprint density at radius 2 is 1.85 bits per heavy atom. The van der Waals surface area contributed by atoms with Crippen molar-refractivity contribution in [1.29, 1.82) is 0 Å². The number of hydrogen-bond acceptors (Lipinski definition) is 4. The number of nitrogens with zero attached hydrogens (tertiary/aromatic N) is 1. The molecule has 26 heavy (non-hydrogen) atoms. The van der Waals surface area contributed by atoms with Gasteiger partial charge in [-0.15, -0.1) is 12.4 Å². The zero-order valence-electron chi connectivity index (χ0n) is 14.7. The molecule has 1 aliphatic heterocycles. The highest BCUT2D eigenvalue weighted by Gasteiger charge is 2.20. The highest BCUT2D eigenvalue weighted by Crippen LogP contribution is 2.34. The third-order valence-electron chi connectivity index (χ3n) is 4.18. The summed E-state index contributed by atoms with van der Waals surface area (Å²) in [4.78, 5) is 14.2. The summed E-state index contributed by atoms with van der Waals surface area (Å²) < 4.78 is 23.7. The number of amides is 1. The number of carbonyl (C=O) groups is 1. The molecule has 0 fully saturated rings. The van der Waals surface area contributed by atoms with Gasteiger partial charge < -0.3 is 19.7 Å². The largest absolute Gasteiger partial charge is 0.454 e. The lowest BCUT2D eigenvalue weighted by atomic mass is 10.0. The zero-order chi connectivity index (χ0) is 17.8. The Balaban J connectivity index is 0.00000243. The first-order valence-electron chi connectivity index (χ1n) is 8.10. The van der Waals surface area contributed by atoms with Crippen molar-refractivity contribution in [3.05, 3.63) is 59.4 Å². The number of nitrogens with one attached hydrogen (secondary N) is 1. The smallest absolute Gasteiger partial charge is 0.231 e. The van der Waals surface area contributed by atoms with E-state index in [-0.39, 0.29) is 43.4 Å². The van der Waals surface area contributed by atoms with Crippen LogP contribution >= 0.6 is 12.4 Å². The van der Waals surface area contributed by atoms with Crippen LogP contribution in [-0.4, -0.2) is 38.2 Å². The molecule has 0 radical (unpaired) electrons. The SMILES string of the molecule is CN(C)C(CNC(=O)Cc1ccc(F)cc1)c1ccc2c(c1)OCO2.Cl. The van der Waals surface area contributed by atoms with E-state index < -0.39 is 0 Å². The third-order valence-corrected chi connectivity index (χ3v) is 4.18. The number of likely N-dealkylation sites (N-methyl/N-ethyl adjacent to an activating group) is 1. The van der Waals surface area contributed by atoms with Crippen LogP contribution < -0.4 is 14.8 Å². The average molecular weight is 381 g/mol. The number of rotatable bonds is 6. The second-order valence-electron chi connectivity index (χ2n) is 6.20. The molecule has 1 N–H and O–H groups in total. The summed E-state index contributed by atoms with van der Waals surface area (Å²) in [6, 6.07) is 11.8. The van der Waals surface area contributed by atoms with E-state index >= 15 is 0 Å². The van der Waals surface area contributed by atoms with E-state index in [2.05, 4.69) is 5.32 Å². The summed E-state index contributed by atoms with van der Waals surface area (Å²) in [6.07, 6.45) is 0.224. The minimum atomic E-state index is -0.306. The molecule has 140 valence electrons. The lowest BCUT2D eigenvalue weighted by molar-refractivity contribution is -0.120. The lowest BCUT2D eigenvalue weighted by Crippen LogP contribution is -2.35. The Kier molecular flexibility index (Phi) is 6.83. The summed E-state index contributed by atoms with van der Waals surface area (Å²) in [5.74, 6) is 1.06. The van der Waals surface area contributed by atoms with Crippen LogP contribution in [0, 0.1) is 5.82 Å². The topological polar surface area (TPSA) is 50.8 Å². The van der Waals surface area contributed by atoms with Gasteiger partial charge in [-0.2, -0.15) is 0 Å². The molecule has 1 heterocycles. The number of carbonyl (C=O) groups excluding carboxylic acids is 1. The summed E-state index contributed by atoms with van der Waals surface area (Å²) in [5.41, 5.74) is 1.82. The van der Waals surface area contributed by atoms with E-state index in [0.717, 1.165) is 22.6 Å². The van der Waals surface area contributed by atoms with Gasteiger partial charge in [0.2, 0.25) is 12.7 Å². The summed E-state index contributed by atoms with van der Waals surface area (Å²) >= 11 is 0. The average Bonchev–Trinajstić information content (AvgIpc) is 3.04. The van der Waals surface area contributed by atoms with Crippen molar-refractivity contribution in [2.45, 2.75) is 12.5 Å². The summed E-state index contributed by atoms with van der Waals surface area (Å²) in [6.45, 7) is 0.701. The van der Waals surface area contributed by atoms with E-state index in [4.69, 9.17) is 9.47 Å².